The summed E-state index contributed by atoms with van der Waals surface area (Å²) in [6, 6.07) is 5.54. The van der Waals surface area contributed by atoms with Crippen molar-refractivity contribution in [2.75, 3.05) is 0 Å². The maximum absolute atomic E-state index is 13.8. The Morgan fingerprint density at radius 2 is 0.868 bits per heavy atom. The first kappa shape index (κ1) is 33.7. The summed E-state index contributed by atoms with van der Waals surface area (Å²) < 4.78 is 242. The number of nitrogens with one attached hydrogen (secondary N) is 1. The average Bonchev–Trinajstić information content (AvgIpc) is 2.76. The predicted molar refractivity (Wildman–Crippen MR) is 88.7 cm³/mol. The van der Waals surface area contributed by atoms with E-state index < -0.39 is 65.2 Å². The quantitative estimate of drug-likeness (QED) is 0.206. The van der Waals surface area contributed by atoms with E-state index in [0.717, 1.165) is 29.6 Å². The number of carbonyl (C=O) groups is 1. The highest BCUT2D eigenvalue weighted by atomic mass is 35.5. The van der Waals surface area contributed by atoms with Crippen LogP contribution in [0.5, 0.6) is 0 Å². The summed E-state index contributed by atoms with van der Waals surface area (Å²) in [5.74, 6) is -70.6. The Kier molecular flexibility index (Phi) is 8.37. The lowest BCUT2D eigenvalue weighted by atomic mass is 9.87. The van der Waals surface area contributed by atoms with Gasteiger partial charge in [0, 0.05) is 6.54 Å². The molecule has 1 aromatic rings. The molecule has 0 bridgehead atoms. The predicted octanol–water partition coefficient (Wildman–Crippen LogP) is 7.22. The van der Waals surface area contributed by atoms with E-state index in [2.05, 4.69) is 11.6 Å². The van der Waals surface area contributed by atoms with Gasteiger partial charge in [-0.2, -0.15) is 79.0 Å². The van der Waals surface area contributed by atoms with Crippen molar-refractivity contribution >= 4 is 17.5 Å². The van der Waals surface area contributed by atoms with Gasteiger partial charge in [-0.05, 0) is 17.2 Å². The van der Waals surface area contributed by atoms with Crippen molar-refractivity contribution in [1.29, 1.82) is 0 Å². The van der Waals surface area contributed by atoms with Gasteiger partial charge in [0.15, 0.2) is 0 Å². The summed E-state index contributed by atoms with van der Waals surface area (Å²) in [5.41, 5.74) is -0.234. The van der Waals surface area contributed by atoms with E-state index >= 15 is 0 Å². The number of rotatable bonds is 11. The van der Waals surface area contributed by atoms with Crippen molar-refractivity contribution in [2.24, 2.45) is 0 Å². The molecule has 0 saturated carbocycles. The van der Waals surface area contributed by atoms with Gasteiger partial charge in [-0.1, -0.05) is 30.3 Å². The lowest BCUT2D eigenvalue weighted by Gasteiger charge is -2.43. The molecule has 0 aliphatic heterocycles. The van der Waals surface area contributed by atoms with Crippen LogP contribution < -0.4 is 5.32 Å². The Labute approximate surface area is 202 Å². The molecule has 0 atom stereocenters. The first-order valence-corrected chi connectivity index (χ1v) is 9.29. The van der Waals surface area contributed by atoms with Crippen LogP contribution in [0.3, 0.4) is 0 Å². The highest BCUT2D eigenvalue weighted by Gasteiger charge is 2.96. The fraction of sp³-hybridized carbons (Fsp3) is 0.588. The number of alkyl halides is 19. The minimum absolute atomic E-state index is 0.234. The second-order valence-corrected chi connectivity index (χ2v) is 7.74. The van der Waals surface area contributed by atoms with Crippen molar-refractivity contribution in [2.45, 2.75) is 59.3 Å². The Bertz CT molecular complexity index is 1000. The van der Waals surface area contributed by atoms with Gasteiger partial charge < -0.3 is 5.32 Å². The van der Waals surface area contributed by atoms with Gasteiger partial charge in [-0.15, -0.1) is 0 Å². The zero-order valence-electron chi connectivity index (χ0n) is 17.2. The maximum atomic E-state index is 13.8. The number of amides is 1. The fourth-order valence-corrected chi connectivity index (χ4v) is 2.51. The van der Waals surface area contributed by atoms with Crippen LogP contribution in [0.1, 0.15) is 5.56 Å². The molecule has 0 radical (unpaired) electrons. The van der Waals surface area contributed by atoms with Crippen LogP contribution >= 0.6 is 11.6 Å². The monoisotopic (exact) mass is 619 g/mol. The molecular formula is C17H8ClF18NO. The molecule has 0 saturated heterocycles. The molecule has 21 heteroatoms. The van der Waals surface area contributed by atoms with Gasteiger partial charge in [0.1, 0.15) is 0 Å². The van der Waals surface area contributed by atoms with E-state index in [1.807, 2.05) is 0 Å². The summed E-state index contributed by atoms with van der Waals surface area (Å²) >= 11 is 3.37. The average molecular weight is 620 g/mol. The number of carbonyl (C=O) groups excluding carboxylic acids is 1. The minimum Gasteiger partial charge on any atom is -0.347 e. The zero-order chi connectivity index (χ0) is 30.6. The summed E-state index contributed by atoms with van der Waals surface area (Å²) in [4.78, 5) is 11.3. The molecule has 0 heterocycles. The fourth-order valence-electron chi connectivity index (χ4n) is 2.39. The molecular weight excluding hydrogens is 612 g/mol. The topological polar surface area (TPSA) is 29.1 Å². The summed E-state index contributed by atoms with van der Waals surface area (Å²) in [7, 11) is 0. The molecule has 220 valence electrons. The van der Waals surface area contributed by atoms with Crippen LogP contribution in [0.15, 0.2) is 30.3 Å². The smallest absolute Gasteiger partial charge is 0.347 e. The number of halogens is 19. The molecule has 0 unspecified atom stereocenters. The van der Waals surface area contributed by atoms with Gasteiger partial charge in [0.25, 0.3) is 5.91 Å². The second-order valence-electron chi connectivity index (χ2n) is 7.26. The van der Waals surface area contributed by atoms with Crippen molar-refractivity contribution in [1.82, 2.24) is 5.32 Å². The second kappa shape index (κ2) is 9.42. The third-order valence-electron chi connectivity index (χ3n) is 4.70. The molecule has 38 heavy (non-hydrogen) atoms. The molecule has 0 fully saturated rings. The van der Waals surface area contributed by atoms with Crippen LogP contribution in [0.2, 0.25) is 0 Å². The third-order valence-corrected chi connectivity index (χ3v) is 4.93. The van der Waals surface area contributed by atoms with E-state index in [9.17, 15) is 83.8 Å². The number of benzene rings is 1. The Balaban J connectivity index is 3.55. The van der Waals surface area contributed by atoms with Gasteiger partial charge >= 0.3 is 52.8 Å². The summed E-state index contributed by atoms with van der Waals surface area (Å²) in [6.07, 6.45) is 0. The minimum atomic E-state index is -8.92. The van der Waals surface area contributed by atoms with Gasteiger partial charge in [0.05, 0.1) is 0 Å². The summed E-state index contributed by atoms with van der Waals surface area (Å²) in [6.45, 7) is -1.23. The van der Waals surface area contributed by atoms with E-state index in [1.54, 1.807) is 0 Å². The normalized spacial score (nSPS) is 15.4. The highest BCUT2D eigenvalue weighted by molar-refractivity contribution is 6.22. The Morgan fingerprint density at radius 1 is 0.553 bits per heavy atom. The lowest BCUT2D eigenvalue weighted by Crippen LogP contribution is -2.76. The first-order valence-electron chi connectivity index (χ1n) is 8.91. The Hall–Kier alpha value is -2.28. The molecule has 0 spiro atoms. The molecule has 2 nitrogen and oxygen atoms in total. The largest absolute Gasteiger partial charge is 0.393 e. The molecule has 1 amide bonds. The molecule has 1 rings (SSSR count). The van der Waals surface area contributed by atoms with Crippen molar-refractivity contribution in [3.63, 3.8) is 0 Å². The molecule has 1 N–H and O–H groups in total. The number of hydrogen-bond acceptors (Lipinski definition) is 1. The SMILES string of the molecule is O=C(NCc1ccccc1)C(F)(F)C(F)(F)C(F)(F)C(F)(F)C(F)(F)C(F)(F)C(F)(F)C(F)(F)C(F)(F)Cl. The van der Waals surface area contributed by atoms with E-state index in [4.69, 9.17) is 0 Å². The molecule has 0 aromatic heterocycles. The van der Waals surface area contributed by atoms with Crippen molar-refractivity contribution < 1.29 is 83.8 Å². The van der Waals surface area contributed by atoms with Gasteiger partial charge in [-0.3, -0.25) is 4.79 Å². The maximum Gasteiger partial charge on any atom is 0.393 e. The van der Waals surface area contributed by atoms with Crippen LogP contribution in [0, 0.1) is 0 Å². The molecule has 0 aliphatic rings. The van der Waals surface area contributed by atoms with E-state index in [1.165, 1.54) is 6.07 Å². The standard InChI is InChI=1S/C17H8ClF18NO/c18-17(35,36)16(33,34)15(31,32)14(29,30)13(27,28)12(25,26)11(23,24)10(21,22)9(19,20)8(38)37-6-7-4-2-1-3-5-7/h1-5H,6H2,(H,37,38). The molecule has 0 aliphatic carbocycles. The van der Waals surface area contributed by atoms with E-state index in [-0.39, 0.29) is 5.56 Å². The third kappa shape index (κ3) is 4.59. The molecule has 1 aromatic carbocycles. The van der Waals surface area contributed by atoms with Crippen molar-refractivity contribution in [3.05, 3.63) is 35.9 Å². The first-order chi connectivity index (χ1) is 16.5. The highest BCUT2D eigenvalue weighted by Crippen LogP contribution is 2.65. The van der Waals surface area contributed by atoms with Crippen LogP contribution in [-0.2, 0) is 11.3 Å². The van der Waals surface area contributed by atoms with Crippen LogP contribution in [0.25, 0.3) is 0 Å². The lowest BCUT2D eigenvalue weighted by molar-refractivity contribution is -0.456. The Morgan fingerprint density at radius 3 is 1.21 bits per heavy atom. The zero-order valence-corrected chi connectivity index (χ0v) is 17.9. The van der Waals surface area contributed by atoms with Crippen LogP contribution in [-0.4, -0.2) is 58.7 Å². The van der Waals surface area contributed by atoms with Gasteiger partial charge in [0.2, 0.25) is 0 Å². The van der Waals surface area contributed by atoms with Crippen LogP contribution in [0.4, 0.5) is 79.0 Å². The van der Waals surface area contributed by atoms with Gasteiger partial charge in [-0.25, -0.2) is 0 Å². The summed E-state index contributed by atoms with van der Waals surface area (Å²) in [5, 5.41) is -6.17. The van der Waals surface area contributed by atoms with Crippen molar-refractivity contribution in [3.8, 4) is 0 Å². The number of hydrogen-bond donors (Lipinski definition) is 1. The van der Waals surface area contributed by atoms with E-state index in [0.29, 0.717) is 0 Å².